The van der Waals surface area contributed by atoms with Crippen molar-refractivity contribution in [1.82, 2.24) is 0 Å². The Hall–Kier alpha value is -1.06. The van der Waals surface area contributed by atoms with Gasteiger partial charge in [0.15, 0.2) is 0 Å². The first-order chi connectivity index (χ1) is 8.07. The van der Waals surface area contributed by atoms with E-state index < -0.39 is 0 Å². The van der Waals surface area contributed by atoms with Crippen LogP contribution in [0.4, 0.5) is 0 Å². The van der Waals surface area contributed by atoms with E-state index >= 15 is 0 Å². The molecule has 0 spiro atoms. The Balaban J connectivity index is 1.59. The van der Waals surface area contributed by atoms with Gasteiger partial charge in [0.25, 0.3) is 0 Å². The summed E-state index contributed by atoms with van der Waals surface area (Å²) in [6.07, 6.45) is 0. The second kappa shape index (κ2) is 1.82. The lowest BCUT2D eigenvalue weighted by Crippen LogP contribution is -3.15. The maximum atomic E-state index is 12.0. The van der Waals surface area contributed by atoms with Gasteiger partial charge in [-0.05, 0) is 35.0 Å². The lowest BCUT2D eigenvalue weighted by Gasteiger charge is -3.12. The van der Waals surface area contributed by atoms with Gasteiger partial charge in [0.05, 0.1) is 25.0 Å². The molecule has 90 valence electrons. The zero-order valence-electron chi connectivity index (χ0n) is 10.0. The zero-order chi connectivity index (χ0) is 12.0. The van der Waals surface area contributed by atoms with Crippen LogP contribution in [0.3, 0.4) is 0 Å². The van der Waals surface area contributed by atoms with Crippen molar-refractivity contribution in [2.24, 2.45) is 45.8 Å². The number of carbonyl (C=O) groups is 2. The fraction of sp³-hybridized carbons (Fsp3) is 0.846. The number of ether oxygens (including phenoxy) is 2. The predicted molar refractivity (Wildman–Crippen MR) is 54.5 cm³/mol. The first-order valence-electron chi connectivity index (χ1n) is 6.24. The molecular weight excluding hydrogens is 220 g/mol. The normalized spacial score (nSPS) is 69.5. The number of esters is 2. The maximum absolute atomic E-state index is 12.0. The van der Waals surface area contributed by atoms with Crippen LogP contribution >= 0.6 is 0 Å². The second-order valence-electron chi connectivity index (χ2n) is 6.60. The Morgan fingerprint density at radius 2 is 1.47 bits per heavy atom. The van der Waals surface area contributed by atoms with Crippen LogP contribution < -0.4 is 0 Å². The Bertz CT molecular complexity index is 502. The van der Waals surface area contributed by atoms with Crippen LogP contribution in [0.15, 0.2) is 0 Å². The molecule has 17 heavy (non-hydrogen) atoms. The molecule has 0 aromatic rings. The molecule has 6 saturated carbocycles. The van der Waals surface area contributed by atoms with Crippen molar-refractivity contribution < 1.29 is 19.1 Å². The molecule has 6 rings (SSSR count). The minimum Gasteiger partial charge on any atom is -0.469 e. The first-order valence-corrected chi connectivity index (χ1v) is 6.24. The number of hydrogen-bond donors (Lipinski definition) is 0. The topological polar surface area (TPSA) is 52.6 Å². The Morgan fingerprint density at radius 3 is 1.88 bits per heavy atom. The van der Waals surface area contributed by atoms with Gasteiger partial charge < -0.3 is 9.47 Å². The summed E-state index contributed by atoms with van der Waals surface area (Å²) in [5, 5.41) is 0. The summed E-state index contributed by atoms with van der Waals surface area (Å²) in [7, 11) is 2.95. The number of hydrogen-bond acceptors (Lipinski definition) is 4. The van der Waals surface area contributed by atoms with Crippen molar-refractivity contribution in [2.45, 2.75) is 6.92 Å². The molecule has 6 aliphatic rings. The highest BCUT2D eigenvalue weighted by Crippen LogP contribution is 3.14. The summed E-state index contributed by atoms with van der Waals surface area (Å²) in [6.45, 7) is 2.17. The third-order valence-electron chi connectivity index (χ3n) is 7.37. The van der Waals surface area contributed by atoms with Crippen molar-refractivity contribution in [3.8, 4) is 0 Å². The SMILES string of the molecule is COC(=O)C12C3[C@@H]4[C@H]1C1(C)[C@H]2[C@H]3C41C(=O)OC. The smallest absolute Gasteiger partial charge is 0.312 e. The van der Waals surface area contributed by atoms with Crippen LogP contribution in [0.5, 0.6) is 0 Å². The Kier molecular flexibility index (Phi) is 0.958. The molecule has 0 radical (unpaired) electrons. The Morgan fingerprint density at radius 1 is 0.941 bits per heavy atom. The second-order valence-corrected chi connectivity index (χ2v) is 6.60. The third kappa shape index (κ3) is 0.373. The molecule has 6 fully saturated rings. The van der Waals surface area contributed by atoms with Crippen LogP contribution in [0.25, 0.3) is 0 Å². The first kappa shape index (κ1) is 8.95. The maximum Gasteiger partial charge on any atom is 0.312 e. The summed E-state index contributed by atoms with van der Waals surface area (Å²) in [5.74, 6) is 2.04. The fourth-order valence-corrected chi connectivity index (χ4v) is 7.50. The van der Waals surface area contributed by atoms with Crippen LogP contribution in [0.2, 0.25) is 0 Å². The molecule has 0 aliphatic heterocycles. The molecule has 0 amide bonds. The summed E-state index contributed by atoms with van der Waals surface area (Å²) < 4.78 is 9.96. The molecule has 0 N–H and O–H groups in total. The van der Waals surface area contributed by atoms with E-state index in [1.54, 1.807) is 0 Å². The molecule has 0 aromatic carbocycles. The van der Waals surface area contributed by atoms with Crippen molar-refractivity contribution in [3.05, 3.63) is 0 Å². The molecular formula is C13H14O4. The van der Waals surface area contributed by atoms with E-state index in [-0.39, 0.29) is 28.2 Å². The molecule has 0 aromatic heterocycles. The molecule has 8 atom stereocenters. The van der Waals surface area contributed by atoms with Gasteiger partial charge in [-0.2, -0.15) is 0 Å². The van der Waals surface area contributed by atoms with Gasteiger partial charge in [0, 0.05) is 0 Å². The summed E-state index contributed by atoms with van der Waals surface area (Å²) in [5.41, 5.74) is -0.315. The highest BCUT2D eigenvalue weighted by atomic mass is 16.5. The van der Waals surface area contributed by atoms with Crippen LogP contribution in [0.1, 0.15) is 6.92 Å². The average molecular weight is 234 g/mol. The van der Waals surface area contributed by atoms with Gasteiger partial charge in [-0.15, -0.1) is 0 Å². The van der Waals surface area contributed by atoms with Crippen LogP contribution in [-0.2, 0) is 19.1 Å². The summed E-state index contributed by atoms with van der Waals surface area (Å²) in [4.78, 5) is 23.9. The van der Waals surface area contributed by atoms with Gasteiger partial charge in [0.2, 0.25) is 0 Å². The monoisotopic (exact) mass is 234 g/mol. The van der Waals surface area contributed by atoms with Crippen LogP contribution in [0, 0.1) is 45.8 Å². The minimum absolute atomic E-state index is 0.0272. The third-order valence-corrected chi connectivity index (χ3v) is 7.37. The van der Waals surface area contributed by atoms with Gasteiger partial charge in [-0.25, -0.2) is 0 Å². The van der Waals surface area contributed by atoms with E-state index in [4.69, 9.17) is 9.47 Å². The van der Waals surface area contributed by atoms with E-state index in [0.717, 1.165) is 0 Å². The van der Waals surface area contributed by atoms with Gasteiger partial charge in [-0.3, -0.25) is 9.59 Å². The van der Waals surface area contributed by atoms with Crippen molar-refractivity contribution in [1.29, 1.82) is 0 Å². The number of rotatable bonds is 2. The molecule has 4 unspecified atom stereocenters. The van der Waals surface area contributed by atoms with E-state index in [1.807, 2.05) is 0 Å². The molecule has 6 aliphatic carbocycles. The molecule has 4 heteroatoms. The molecule has 0 bridgehead atoms. The predicted octanol–water partition coefficient (Wildman–Crippen LogP) is 0.460. The summed E-state index contributed by atoms with van der Waals surface area (Å²) in [6, 6.07) is 0. The van der Waals surface area contributed by atoms with E-state index in [1.165, 1.54) is 14.2 Å². The standard InChI is InChI=1S/C13H14O4/c1-11-7-5-4-6(13(5,11)10(15)17-3)8(11)12(4,7)9(14)16-2/h4-8H,1-3H3/t4?,5-,6+,7+,8-,11?,12?,13?. The van der Waals surface area contributed by atoms with Gasteiger partial charge >= 0.3 is 11.9 Å². The minimum atomic E-state index is -0.197. The summed E-state index contributed by atoms with van der Waals surface area (Å²) >= 11 is 0. The molecule has 0 heterocycles. The lowest BCUT2D eigenvalue weighted by molar-refractivity contribution is -0.668. The van der Waals surface area contributed by atoms with Crippen molar-refractivity contribution in [3.63, 3.8) is 0 Å². The Labute approximate surface area is 98.6 Å². The van der Waals surface area contributed by atoms with Crippen LogP contribution in [-0.4, -0.2) is 26.2 Å². The van der Waals surface area contributed by atoms with Gasteiger partial charge in [0.1, 0.15) is 0 Å². The van der Waals surface area contributed by atoms with E-state index in [0.29, 0.717) is 29.6 Å². The van der Waals surface area contributed by atoms with E-state index in [9.17, 15) is 9.59 Å². The molecule has 0 saturated heterocycles. The number of methoxy groups -OCH3 is 2. The lowest BCUT2D eigenvalue weighted by atomic mass is 8.88. The fourth-order valence-electron chi connectivity index (χ4n) is 7.50. The highest BCUT2D eigenvalue weighted by Gasteiger charge is 3.17. The highest BCUT2D eigenvalue weighted by molar-refractivity contribution is 5.98. The van der Waals surface area contributed by atoms with E-state index in [2.05, 4.69) is 6.92 Å². The van der Waals surface area contributed by atoms with Crippen molar-refractivity contribution in [2.75, 3.05) is 14.2 Å². The molecule has 4 nitrogen and oxygen atoms in total. The average Bonchev–Trinajstić information content (AvgIpc) is 2.35. The largest absolute Gasteiger partial charge is 0.469 e. The number of carbonyl (C=O) groups excluding carboxylic acids is 2. The van der Waals surface area contributed by atoms with Gasteiger partial charge in [-0.1, -0.05) is 6.92 Å². The van der Waals surface area contributed by atoms with Crippen molar-refractivity contribution >= 4 is 11.9 Å². The quantitative estimate of drug-likeness (QED) is 0.651. The zero-order valence-corrected chi connectivity index (χ0v) is 10.0.